The Morgan fingerprint density at radius 3 is 2.92 bits per heavy atom. The number of halogens is 1. The average Bonchev–Trinajstić information content (AvgIpc) is 2.91. The summed E-state index contributed by atoms with van der Waals surface area (Å²) in [5.41, 5.74) is 1.80. The smallest absolute Gasteiger partial charge is 0.314 e. The highest BCUT2D eigenvalue weighted by molar-refractivity contribution is 6.08. The topological polar surface area (TPSA) is 79.3 Å². The molecule has 0 saturated carbocycles. The number of nitrogens with one attached hydrogen (secondary N) is 2. The van der Waals surface area contributed by atoms with Gasteiger partial charge < -0.3 is 5.32 Å². The van der Waals surface area contributed by atoms with E-state index in [2.05, 4.69) is 15.7 Å². The number of urea groups is 1. The van der Waals surface area contributed by atoms with Gasteiger partial charge >= 0.3 is 6.03 Å². The van der Waals surface area contributed by atoms with E-state index in [1.807, 2.05) is 18.2 Å². The molecule has 0 bridgehead atoms. The Kier molecular flexibility index (Phi) is 3.91. The minimum atomic E-state index is -0.905. The van der Waals surface area contributed by atoms with Gasteiger partial charge in [0.1, 0.15) is 6.17 Å². The first-order valence-electron chi connectivity index (χ1n) is 8.47. The maximum absolute atomic E-state index is 14.2. The third-order valence-corrected chi connectivity index (χ3v) is 5.00. The molecule has 0 spiro atoms. The Labute approximate surface area is 144 Å². The lowest BCUT2D eigenvalue weighted by molar-refractivity contribution is -0.120. The number of imide groups is 1. The van der Waals surface area contributed by atoms with Crippen LogP contribution in [0.5, 0.6) is 0 Å². The number of nitrogens with zero attached hydrogens (tertiary/aromatic N) is 3. The van der Waals surface area contributed by atoms with Crippen LogP contribution in [-0.4, -0.2) is 47.5 Å². The van der Waals surface area contributed by atoms with E-state index in [1.165, 1.54) is 4.90 Å². The van der Waals surface area contributed by atoms with Gasteiger partial charge in [0, 0.05) is 37.9 Å². The Morgan fingerprint density at radius 1 is 1.32 bits per heavy atom. The van der Waals surface area contributed by atoms with Crippen molar-refractivity contribution >= 4 is 28.7 Å². The fraction of sp³-hybridized carbons (Fsp3) is 0.471. The second-order valence-electron chi connectivity index (χ2n) is 6.59. The summed E-state index contributed by atoms with van der Waals surface area (Å²) in [6.07, 6.45) is 0.104. The molecular weight excluding hydrogens is 325 g/mol. The fourth-order valence-electron chi connectivity index (χ4n) is 3.65. The molecule has 0 aliphatic carbocycles. The monoisotopic (exact) mass is 345 g/mol. The van der Waals surface area contributed by atoms with Crippen LogP contribution in [0.2, 0.25) is 0 Å². The first-order valence-corrected chi connectivity index (χ1v) is 8.47. The molecular formula is C17H20FN5O2. The molecule has 25 heavy (non-hydrogen) atoms. The molecule has 3 amide bonds. The Hall–Kier alpha value is -2.48. The van der Waals surface area contributed by atoms with Crippen molar-refractivity contribution in [2.75, 3.05) is 24.5 Å². The summed E-state index contributed by atoms with van der Waals surface area (Å²) in [5, 5.41) is 10.7. The van der Waals surface area contributed by atoms with Crippen LogP contribution in [0.15, 0.2) is 18.2 Å². The lowest BCUT2D eigenvalue weighted by Crippen LogP contribution is -2.49. The van der Waals surface area contributed by atoms with Crippen LogP contribution < -0.4 is 15.5 Å². The molecule has 2 aliphatic rings. The first-order chi connectivity index (χ1) is 12.0. The number of piperidine rings is 1. The maximum atomic E-state index is 14.2. The zero-order valence-corrected chi connectivity index (χ0v) is 14.0. The highest BCUT2D eigenvalue weighted by atomic mass is 19.1. The largest absolute Gasteiger partial charge is 0.329 e. The summed E-state index contributed by atoms with van der Waals surface area (Å²) in [6.45, 7) is 1.49. The van der Waals surface area contributed by atoms with Gasteiger partial charge in [0.05, 0.1) is 5.52 Å². The van der Waals surface area contributed by atoms with Gasteiger partial charge in [-0.25, -0.2) is 9.18 Å². The summed E-state index contributed by atoms with van der Waals surface area (Å²) in [7, 11) is 1.80. The maximum Gasteiger partial charge on any atom is 0.329 e. The van der Waals surface area contributed by atoms with Gasteiger partial charge in [-0.15, -0.1) is 0 Å². The molecule has 7 nitrogen and oxygen atoms in total. The molecule has 1 aromatic heterocycles. The minimum absolute atomic E-state index is 0.125. The van der Waals surface area contributed by atoms with E-state index in [9.17, 15) is 14.0 Å². The molecule has 2 aromatic rings. The van der Waals surface area contributed by atoms with Gasteiger partial charge in [0.15, 0.2) is 5.82 Å². The highest BCUT2D eigenvalue weighted by Crippen LogP contribution is 2.33. The number of aromatic nitrogens is 2. The van der Waals surface area contributed by atoms with Gasteiger partial charge in [-0.05, 0) is 30.7 Å². The molecule has 0 unspecified atom stereocenters. The SMILES string of the molecule is Cn1nc(N2CCC(=O)NC2=O)c2ccc([C@@H]3CCNC[C@@H]3F)cc21. The van der Waals surface area contributed by atoms with Crippen molar-refractivity contribution in [2.45, 2.75) is 24.9 Å². The molecule has 4 rings (SSSR count). The van der Waals surface area contributed by atoms with Gasteiger partial charge in [0.2, 0.25) is 5.91 Å². The Bertz CT molecular complexity index is 849. The van der Waals surface area contributed by atoms with E-state index in [0.717, 1.165) is 29.4 Å². The van der Waals surface area contributed by atoms with Gasteiger partial charge in [-0.2, -0.15) is 5.10 Å². The number of hydrogen-bond acceptors (Lipinski definition) is 4. The number of carbonyl (C=O) groups is 2. The highest BCUT2D eigenvalue weighted by Gasteiger charge is 2.29. The molecule has 8 heteroatoms. The molecule has 2 atom stereocenters. The van der Waals surface area contributed by atoms with Crippen molar-refractivity contribution in [3.05, 3.63) is 23.8 Å². The van der Waals surface area contributed by atoms with E-state index in [0.29, 0.717) is 18.9 Å². The summed E-state index contributed by atoms with van der Waals surface area (Å²) in [6, 6.07) is 5.32. The fourth-order valence-corrected chi connectivity index (χ4v) is 3.65. The van der Waals surface area contributed by atoms with Crippen LogP contribution in [0.1, 0.15) is 24.3 Å². The van der Waals surface area contributed by atoms with E-state index < -0.39 is 12.2 Å². The van der Waals surface area contributed by atoms with Crippen molar-refractivity contribution in [2.24, 2.45) is 7.05 Å². The van der Waals surface area contributed by atoms with Crippen molar-refractivity contribution in [3.63, 3.8) is 0 Å². The summed E-state index contributed by atoms with van der Waals surface area (Å²) in [5.74, 6) is 0.125. The standard InChI is InChI=1S/C17H20FN5O2/c1-22-14-8-10(11-4-6-19-9-13(11)18)2-3-12(14)16(21-22)23-7-5-15(24)20-17(23)25/h2-3,8,11,13,19H,4-7,9H2,1H3,(H,20,24,25)/t11-,13-/m0/s1. The lowest BCUT2D eigenvalue weighted by atomic mass is 9.88. The predicted octanol–water partition coefficient (Wildman–Crippen LogP) is 1.43. The number of aryl methyl sites for hydroxylation is 1. The van der Waals surface area contributed by atoms with Crippen LogP contribution in [0.4, 0.5) is 15.0 Å². The van der Waals surface area contributed by atoms with Crippen molar-refractivity contribution < 1.29 is 14.0 Å². The lowest BCUT2D eigenvalue weighted by Gasteiger charge is -2.27. The Balaban J connectivity index is 1.71. The molecule has 3 heterocycles. The quantitative estimate of drug-likeness (QED) is 0.863. The Morgan fingerprint density at radius 2 is 2.16 bits per heavy atom. The minimum Gasteiger partial charge on any atom is -0.314 e. The third-order valence-electron chi connectivity index (χ3n) is 5.00. The number of hydrogen-bond donors (Lipinski definition) is 2. The second kappa shape index (κ2) is 6.11. The normalized spacial score (nSPS) is 24.6. The van der Waals surface area contributed by atoms with Crippen molar-refractivity contribution in [1.82, 2.24) is 20.4 Å². The van der Waals surface area contributed by atoms with Crippen molar-refractivity contribution in [3.8, 4) is 0 Å². The molecule has 2 aliphatic heterocycles. The van der Waals surface area contributed by atoms with E-state index in [1.54, 1.807) is 11.7 Å². The molecule has 2 fully saturated rings. The van der Waals surface area contributed by atoms with E-state index in [-0.39, 0.29) is 18.2 Å². The van der Waals surface area contributed by atoms with E-state index in [4.69, 9.17) is 0 Å². The van der Waals surface area contributed by atoms with Crippen LogP contribution in [-0.2, 0) is 11.8 Å². The summed E-state index contributed by atoms with van der Waals surface area (Å²) < 4.78 is 15.9. The van der Waals surface area contributed by atoms with Crippen LogP contribution in [0.25, 0.3) is 10.9 Å². The number of anilines is 1. The molecule has 0 radical (unpaired) electrons. The summed E-state index contributed by atoms with van der Waals surface area (Å²) in [4.78, 5) is 24.9. The molecule has 2 saturated heterocycles. The van der Waals surface area contributed by atoms with Crippen LogP contribution in [0.3, 0.4) is 0 Å². The van der Waals surface area contributed by atoms with Crippen LogP contribution in [0, 0.1) is 0 Å². The van der Waals surface area contributed by atoms with Crippen molar-refractivity contribution in [1.29, 1.82) is 0 Å². The third kappa shape index (κ3) is 2.76. The predicted molar refractivity (Wildman–Crippen MR) is 91.3 cm³/mol. The molecule has 1 aromatic carbocycles. The first kappa shape index (κ1) is 16.0. The number of carbonyl (C=O) groups excluding carboxylic acids is 2. The van der Waals surface area contributed by atoms with E-state index >= 15 is 0 Å². The zero-order chi connectivity index (χ0) is 17.6. The molecule has 132 valence electrons. The number of fused-ring (bicyclic) bond motifs is 1. The number of amides is 3. The van der Waals surface area contributed by atoms with Crippen LogP contribution >= 0.6 is 0 Å². The second-order valence-corrected chi connectivity index (χ2v) is 6.59. The zero-order valence-electron chi connectivity index (χ0n) is 14.0. The van der Waals surface area contributed by atoms with Gasteiger partial charge in [-0.1, -0.05) is 6.07 Å². The number of alkyl halides is 1. The molecule has 2 N–H and O–H groups in total. The number of rotatable bonds is 2. The average molecular weight is 345 g/mol. The summed E-state index contributed by atoms with van der Waals surface area (Å²) >= 11 is 0. The van der Waals surface area contributed by atoms with Gasteiger partial charge in [0.25, 0.3) is 0 Å². The van der Waals surface area contributed by atoms with Gasteiger partial charge in [-0.3, -0.25) is 19.7 Å². The number of benzene rings is 1.